The molecular formula is C26H51O8PSi. The van der Waals surface area contributed by atoms with E-state index in [-0.39, 0.29) is 47.8 Å². The number of rotatable bonds is 18. The lowest BCUT2D eigenvalue weighted by Crippen LogP contribution is -2.43. The molecule has 0 spiro atoms. The maximum absolute atomic E-state index is 13.1. The average molecular weight is 551 g/mol. The number of methoxy groups -OCH3 is 1. The van der Waals surface area contributed by atoms with Crippen molar-refractivity contribution in [3.05, 3.63) is 12.2 Å². The van der Waals surface area contributed by atoms with Crippen molar-refractivity contribution < 1.29 is 37.0 Å². The fraction of sp³-hybridized carbons (Fsp3) is 0.885. The van der Waals surface area contributed by atoms with Gasteiger partial charge in [-0.1, -0.05) is 32.9 Å². The van der Waals surface area contributed by atoms with Crippen LogP contribution in [0, 0.1) is 11.8 Å². The topological polar surface area (TPSA) is 89.5 Å². The molecule has 0 aliphatic heterocycles. The molecule has 1 saturated carbocycles. The highest BCUT2D eigenvalue weighted by atomic mass is 31.2. The van der Waals surface area contributed by atoms with Crippen molar-refractivity contribution in [2.45, 2.75) is 90.1 Å². The van der Waals surface area contributed by atoms with Crippen molar-refractivity contribution in [3.63, 3.8) is 0 Å². The SMILES string of the molecule is COCCOCO[C@H]1C[C@@H](/C=C/CCC[C@H](C)O[Si](C)(C)C(C)(C)C)[C@H](C(=O)CP(=O)(OC)OC)C1. The van der Waals surface area contributed by atoms with Gasteiger partial charge in [-0.25, -0.2) is 0 Å². The third-order valence-electron chi connectivity index (χ3n) is 7.37. The van der Waals surface area contributed by atoms with Gasteiger partial charge in [-0.3, -0.25) is 9.36 Å². The largest absolute Gasteiger partial charge is 0.414 e. The minimum absolute atomic E-state index is 0.0181. The van der Waals surface area contributed by atoms with Gasteiger partial charge in [0.2, 0.25) is 0 Å². The summed E-state index contributed by atoms with van der Waals surface area (Å²) in [7, 11) is -0.936. The second kappa shape index (κ2) is 15.9. The molecule has 1 aliphatic carbocycles. The molecule has 36 heavy (non-hydrogen) atoms. The zero-order chi connectivity index (χ0) is 27.4. The number of ketones is 1. The maximum atomic E-state index is 13.1. The second-order valence-corrected chi connectivity index (χ2v) is 18.2. The van der Waals surface area contributed by atoms with Crippen molar-refractivity contribution in [2.24, 2.45) is 11.8 Å². The van der Waals surface area contributed by atoms with Crippen LogP contribution < -0.4 is 0 Å². The van der Waals surface area contributed by atoms with Crippen LogP contribution >= 0.6 is 7.60 Å². The number of ether oxygens (including phenoxy) is 3. The number of unbranched alkanes of at least 4 members (excludes halogenated alkanes) is 1. The Balaban J connectivity index is 2.67. The van der Waals surface area contributed by atoms with E-state index in [4.69, 9.17) is 27.7 Å². The number of Topliss-reactive ketones (excluding diaryl/α,β-unsaturated/α-hetero) is 1. The van der Waals surface area contributed by atoms with Gasteiger partial charge in [0, 0.05) is 33.4 Å². The quantitative estimate of drug-likeness (QED) is 0.0654. The summed E-state index contributed by atoms with van der Waals surface area (Å²) in [6, 6.07) is 0. The molecule has 0 aromatic heterocycles. The van der Waals surface area contributed by atoms with E-state index in [1.165, 1.54) is 14.2 Å². The van der Waals surface area contributed by atoms with E-state index in [0.29, 0.717) is 19.6 Å². The Morgan fingerprint density at radius 3 is 2.36 bits per heavy atom. The van der Waals surface area contributed by atoms with Gasteiger partial charge in [-0.05, 0) is 63.1 Å². The van der Waals surface area contributed by atoms with Crippen molar-refractivity contribution in [3.8, 4) is 0 Å². The number of carbonyl (C=O) groups excluding carboxylic acids is 1. The molecule has 0 heterocycles. The molecule has 1 fully saturated rings. The van der Waals surface area contributed by atoms with Crippen molar-refractivity contribution in [2.75, 3.05) is 47.5 Å². The number of allylic oxidation sites excluding steroid dienone is 2. The summed E-state index contributed by atoms with van der Waals surface area (Å²) >= 11 is 0. The van der Waals surface area contributed by atoms with Gasteiger partial charge >= 0.3 is 7.60 Å². The predicted octanol–water partition coefficient (Wildman–Crippen LogP) is 6.21. The molecule has 0 unspecified atom stereocenters. The fourth-order valence-corrected chi connectivity index (χ4v) is 6.63. The Bertz CT molecular complexity index is 713. The van der Waals surface area contributed by atoms with Crippen molar-refractivity contribution in [1.82, 2.24) is 0 Å². The predicted molar refractivity (Wildman–Crippen MR) is 146 cm³/mol. The normalized spacial score (nSPS) is 22.4. The molecule has 10 heteroatoms. The highest BCUT2D eigenvalue weighted by Crippen LogP contribution is 2.48. The molecule has 0 aromatic carbocycles. The van der Waals surface area contributed by atoms with Gasteiger partial charge in [-0.15, -0.1) is 0 Å². The van der Waals surface area contributed by atoms with Gasteiger partial charge in [0.1, 0.15) is 18.7 Å². The number of carbonyl (C=O) groups is 1. The van der Waals surface area contributed by atoms with Crippen LogP contribution in [0.1, 0.15) is 59.8 Å². The molecule has 1 aliphatic rings. The molecular weight excluding hydrogens is 499 g/mol. The summed E-state index contributed by atoms with van der Waals surface area (Å²) in [6.45, 7) is 14.6. The van der Waals surface area contributed by atoms with Gasteiger partial charge in [0.25, 0.3) is 0 Å². The first kappa shape index (κ1) is 33.6. The van der Waals surface area contributed by atoms with Crippen LogP contribution in [0.15, 0.2) is 12.2 Å². The Hall–Kier alpha value is -0.383. The van der Waals surface area contributed by atoms with Gasteiger partial charge in [-0.2, -0.15) is 0 Å². The highest BCUT2D eigenvalue weighted by molar-refractivity contribution is 7.54. The number of hydrogen-bond acceptors (Lipinski definition) is 8. The highest BCUT2D eigenvalue weighted by Gasteiger charge is 2.41. The molecule has 0 radical (unpaired) electrons. The summed E-state index contributed by atoms with van der Waals surface area (Å²) in [4.78, 5) is 13.1. The zero-order valence-electron chi connectivity index (χ0n) is 24.0. The fourth-order valence-electron chi connectivity index (χ4n) is 4.13. The van der Waals surface area contributed by atoms with Crippen LogP contribution in [0.3, 0.4) is 0 Å². The van der Waals surface area contributed by atoms with Gasteiger partial charge < -0.3 is 27.7 Å². The zero-order valence-corrected chi connectivity index (χ0v) is 25.9. The molecule has 4 atom stereocenters. The first-order valence-corrected chi connectivity index (χ1v) is 17.7. The maximum Gasteiger partial charge on any atom is 0.337 e. The summed E-state index contributed by atoms with van der Waals surface area (Å²) in [5.74, 6) is -0.381. The molecule has 1 rings (SSSR count). The van der Waals surface area contributed by atoms with E-state index < -0.39 is 15.9 Å². The Morgan fingerprint density at radius 2 is 1.78 bits per heavy atom. The van der Waals surface area contributed by atoms with Crippen LogP contribution in [-0.4, -0.2) is 73.8 Å². The van der Waals surface area contributed by atoms with E-state index in [1.54, 1.807) is 7.11 Å². The summed E-state index contributed by atoms with van der Waals surface area (Å²) in [6.07, 6.45) is 8.41. The van der Waals surface area contributed by atoms with E-state index >= 15 is 0 Å². The van der Waals surface area contributed by atoms with E-state index in [2.05, 4.69) is 52.9 Å². The van der Waals surface area contributed by atoms with Crippen LogP contribution in [-0.2, 0) is 37.0 Å². The van der Waals surface area contributed by atoms with E-state index in [9.17, 15) is 9.36 Å². The van der Waals surface area contributed by atoms with Crippen LogP contribution in [0.2, 0.25) is 18.1 Å². The molecule has 0 aromatic rings. The monoisotopic (exact) mass is 550 g/mol. The summed E-state index contributed by atoms with van der Waals surface area (Å²) in [5, 5.41) is 0.203. The standard InChI is InChI=1S/C26H51O8PSi/c1-21(34-36(8,9)26(2,3)4)13-11-10-12-14-22-17-23(33-20-32-16-15-29-5)18-24(22)25(27)19-35(28,30-6)31-7/h12,14,21-24H,10-11,13,15-20H2,1-9H3/b14-12+/t21-,22+,23-,24+/m0/s1. The van der Waals surface area contributed by atoms with Gasteiger partial charge in [0.15, 0.2) is 8.32 Å². The third-order valence-corrected chi connectivity index (χ3v) is 13.8. The molecule has 0 saturated heterocycles. The summed E-state index contributed by atoms with van der Waals surface area (Å²) < 4.78 is 45.3. The molecule has 212 valence electrons. The molecule has 0 N–H and O–H groups in total. The smallest absolute Gasteiger partial charge is 0.337 e. The Morgan fingerprint density at radius 1 is 1.11 bits per heavy atom. The van der Waals surface area contributed by atoms with Crippen LogP contribution in [0.4, 0.5) is 0 Å². The molecule has 0 amide bonds. The number of hydrogen-bond donors (Lipinski definition) is 0. The Kier molecular flexibility index (Phi) is 14.9. The molecule has 0 bridgehead atoms. The lowest BCUT2D eigenvalue weighted by molar-refractivity contribution is -0.122. The first-order chi connectivity index (χ1) is 16.8. The minimum Gasteiger partial charge on any atom is -0.414 e. The van der Waals surface area contributed by atoms with Gasteiger partial charge in [0.05, 0.1) is 19.3 Å². The summed E-state index contributed by atoms with van der Waals surface area (Å²) in [5.41, 5.74) is 0. The van der Waals surface area contributed by atoms with Crippen LogP contribution in [0.5, 0.6) is 0 Å². The van der Waals surface area contributed by atoms with Crippen LogP contribution in [0.25, 0.3) is 0 Å². The molecule has 8 nitrogen and oxygen atoms in total. The minimum atomic E-state index is -3.41. The van der Waals surface area contributed by atoms with E-state index in [1.807, 2.05) is 0 Å². The average Bonchev–Trinajstić information content (AvgIpc) is 3.20. The third kappa shape index (κ3) is 11.6. The van der Waals surface area contributed by atoms with Crippen molar-refractivity contribution >= 4 is 21.7 Å². The first-order valence-electron chi connectivity index (χ1n) is 13.0. The Labute approximate surface area is 220 Å². The van der Waals surface area contributed by atoms with Crippen molar-refractivity contribution in [1.29, 1.82) is 0 Å². The second-order valence-electron chi connectivity index (χ2n) is 11.2. The van der Waals surface area contributed by atoms with E-state index in [0.717, 1.165) is 25.7 Å². The lowest BCUT2D eigenvalue weighted by Gasteiger charge is -2.38. The lowest BCUT2D eigenvalue weighted by atomic mass is 9.92.